The van der Waals surface area contributed by atoms with Crippen molar-refractivity contribution in [2.45, 2.75) is 45.4 Å². The van der Waals surface area contributed by atoms with Crippen LogP contribution in [0.15, 0.2) is 66.7 Å². The van der Waals surface area contributed by atoms with Crippen molar-refractivity contribution in [2.24, 2.45) is 0 Å². The van der Waals surface area contributed by atoms with Crippen LogP contribution in [0.5, 0.6) is 5.75 Å². The second-order valence-electron chi connectivity index (χ2n) is 7.15. The van der Waals surface area contributed by atoms with Gasteiger partial charge in [0, 0.05) is 5.69 Å². The lowest BCUT2D eigenvalue weighted by atomic mass is 10.0. The summed E-state index contributed by atoms with van der Waals surface area (Å²) in [4.78, 5) is 12.5. The van der Waals surface area contributed by atoms with E-state index in [1.807, 2.05) is 48.5 Å². The second-order valence-corrected chi connectivity index (χ2v) is 7.15. The van der Waals surface area contributed by atoms with Crippen LogP contribution in [-0.2, 0) is 11.2 Å². The highest BCUT2D eigenvalue weighted by Gasteiger charge is 2.07. The van der Waals surface area contributed by atoms with Crippen molar-refractivity contribution in [1.29, 1.82) is 0 Å². The Labute approximate surface area is 167 Å². The molecule has 3 heteroatoms. The molecule has 146 valence electrons. The molecule has 0 saturated carbocycles. The highest BCUT2D eigenvalue weighted by atomic mass is 16.5. The van der Waals surface area contributed by atoms with E-state index in [2.05, 4.69) is 30.4 Å². The largest absolute Gasteiger partial charge is 0.494 e. The molecule has 3 rings (SSSR count). The molecule has 1 N–H and O–H groups in total. The highest BCUT2D eigenvalue weighted by molar-refractivity contribution is 5.96. The zero-order chi connectivity index (χ0) is 19.6. The molecule has 3 nitrogen and oxygen atoms in total. The van der Waals surface area contributed by atoms with E-state index in [0.717, 1.165) is 40.8 Å². The average Bonchev–Trinajstić information content (AvgIpc) is 2.72. The normalized spacial score (nSPS) is 10.8. The zero-order valence-corrected chi connectivity index (χ0v) is 16.6. The van der Waals surface area contributed by atoms with E-state index >= 15 is 0 Å². The summed E-state index contributed by atoms with van der Waals surface area (Å²) >= 11 is 0. The molecule has 0 heterocycles. The smallest absolute Gasteiger partial charge is 0.228 e. The maximum absolute atomic E-state index is 12.5. The first-order valence-electron chi connectivity index (χ1n) is 10.3. The molecule has 0 saturated heterocycles. The number of hydrogen-bond donors (Lipinski definition) is 1. The van der Waals surface area contributed by atoms with Crippen molar-refractivity contribution in [3.8, 4) is 5.75 Å². The van der Waals surface area contributed by atoms with E-state index < -0.39 is 0 Å². The maximum Gasteiger partial charge on any atom is 0.228 e. The first-order chi connectivity index (χ1) is 13.8. The molecule has 1 amide bonds. The molecule has 0 unspecified atom stereocenters. The van der Waals surface area contributed by atoms with Crippen LogP contribution >= 0.6 is 0 Å². The summed E-state index contributed by atoms with van der Waals surface area (Å²) in [5.74, 6) is 0.837. The molecule has 0 aliphatic heterocycles. The summed E-state index contributed by atoms with van der Waals surface area (Å²) in [6.45, 7) is 2.97. The van der Waals surface area contributed by atoms with Gasteiger partial charge in [0.15, 0.2) is 0 Å². The summed E-state index contributed by atoms with van der Waals surface area (Å²) in [7, 11) is 0. The number of ether oxygens (including phenoxy) is 1. The Kier molecular flexibility index (Phi) is 7.48. The summed E-state index contributed by atoms with van der Waals surface area (Å²) < 4.78 is 5.78. The van der Waals surface area contributed by atoms with E-state index in [1.54, 1.807) is 0 Å². The Balaban J connectivity index is 1.49. The number of hydrogen-bond acceptors (Lipinski definition) is 2. The van der Waals surface area contributed by atoms with Crippen LogP contribution in [-0.4, -0.2) is 12.5 Å². The maximum atomic E-state index is 12.5. The van der Waals surface area contributed by atoms with Crippen LogP contribution in [0.25, 0.3) is 10.8 Å². The van der Waals surface area contributed by atoms with Gasteiger partial charge in [-0.2, -0.15) is 0 Å². The van der Waals surface area contributed by atoms with Gasteiger partial charge in [0.2, 0.25) is 5.91 Å². The molecule has 0 atom stereocenters. The van der Waals surface area contributed by atoms with Gasteiger partial charge in [0.1, 0.15) is 5.75 Å². The molecule has 0 spiro atoms. The van der Waals surface area contributed by atoms with Crippen LogP contribution in [0.4, 0.5) is 5.69 Å². The number of unbranched alkanes of at least 4 members (excludes halogenated alkanes) is 4. The highest BCUT2D eigenvalue weighted by Crippen LogP contribution is 2.20. The number of carbonyl (C=O) groups is 1. The minimum atomic E-state index is -0.0130. The number of rotatable bonds is 10. The standard InChI is InChI=1S/C25H29NO2/c1-2-3-4-5-8-18-28-23-16-14-22(15-17-23)26-25(27)19-21-12-9-11-20-10-6-7-13-24(20)21/h6-7,9-17H,2-5,8,18-19H2,1H3,(H,26,27). The lowest BCUT2D eigenvalue weighted by Gasteiger charge is -2.10. The van der Waals surface area contributed by atoms with Crippen molar-refractivity contribution in [3.63, 3.8) is 0 Å². The summed E-state index contributed by atoms with van der Waals surface area (Å²) in [5.41, 5.74) is 1.83. The number of fused-ring (bicyclic) bond motifs is 1. The van der Waals surface area contributed by atoms with Crippen LogP contribution in [0.1, 0.15) is 44.6 Å². The Bertz CT molecular complexity index is 881. The number of carbonyl (C=O) groups excluding carboxylic acids is 1. The fourth-order valence-corrected chi connectivity index (χ4v) is 3.35. The molecule has 0 bridgehead atoms. The molecule has 28 heavy (non-hydrogen) atoms. The Hall–Kier alpha value is -2.81. The summed E-state index contributed by atoms with van der Waals surface area (Å²) in [5, 5.41) is 5.26. The van der Waals surface area contributed by atoms with E-state index in [-0.39, 0.29) is 5.91 Å². The van der Waals surface area contributed by atoms with Gasteiger partial charge in [-0.25, -0.2) is 0 Å². The van der Waals surface area contributed by atoms with E-state index in [0.29, 0.717) is 6.42 Å². The van der Waals surface area contributed by atoms with Crippen molar-refractivity contribution < 1.29 is 9.53 Å². The third kappa shape index (κ3) is 5.85. The van der Waals surface area contributed by atoms with Gasteiger partial charge in [-0.1, -0.05) is 75.1 Å². The van der Waals surface area contributed by atoms with Crippen molar-refractivity contribution in [2.75, 3.05) is 11.9 Å². The van der Waals surface area contributed by atoms with Crippen LogP contribution in [0, 0.1) is 0 Å². The molecular formula is C25H29NO2. The summed E-state index contributed by atoms with van der Waals surface area (Å²) in [6.07, 6.45) is 6.50. The lowest BCUT2D eigenvalue weighted by Crippen LogP contribution is -2.14. The van der Waals surface area contributed by atoms with Gasteiger partial charge in [0.25, 0.3) is 0 Å². The van der Waals surface area contributed by atoms with Gasteiger partial charge >= 0.3 is 0 Å². The molecule has 0 aliphatic rings. The first-order valence-corrected chi connectivity index (χ1v) is 10.3. The number of anilines is 1. The predicted octanol–water partition coefficient (Wildman–Crippen LogP) is 6.37. The topological polar surface area (TPSA) is 38.3 Å². The monoisotopic (exact) mass is 375 g/mol. The lowest BCUT2D eigenvalue weighted by molar-refractivity contribution is -0.115. The minimum absolute atomic E-state index is 0.0130. The Morgan fingerprint density at radius 3 is 2.43 bits per heavy atom. The molecule has 3 aromatic rings. The van der Waals surface area contributed by atoms with Crippen LogP contribution < -0.4 is 10.1 Å². The zero-order valence-electron chi connectivity index (χ0n) is 16.6. The Morgan fingerprint density at radius 2 is 1.61 bits per heavy atom. The van der Waals surface area contributed by atoms with Gasteiger partial charge < -0.3 is 10.1 Å². The quantitative estimate of drug-likeness (QED) is 0.418. The fraction of sp³-hybridized carbons (Fsp3) is 0.320. The number of amides is 1. The molecule has 0 aliphatic carbocycles. The first kappa shape index (κ1) is 19.9. The van der Waals surface area contributed by atoms with Crippen LogP contribution in [0.3, 0.4) is 0 Å². The second kappa shape index (κ2) is 10.5. The van der Waals surface area contributed by atoms with Crippen molar-refractivity contribution >= 4 is 22.4 Å². The molecule has 3 aromatic carbocycles. The third-order valence-corrected chi connectivity index (χ3v) is 4.89. The average molecular weight is 376 g/mol. The van der Waals surface area contributed by atoms with E-state index in [1.165, 1.54) is 25.7 Å². The third-order valence-electron chi connectivity index (χ3n) is 4.89. The van der Waals surface area contributed by atoms with Crippen LogP contribution in [0.2, 0.25) is 0 Å². The predicted molar refractivity (Wildman–Crippen MR) is 117 cm³/mol. The van der Waals surface area contributed by atoms with Gasteiger partial charge in [-0.15, -0.1) is 0 Å². The fourth-order valence-electron chi connectivity index (χ4n) is 3.35. The molecule has 0 radical (unpaired) electrons. The van der Waals surface area contributed by atoms with Crippen molar-refractivity contribution in [3.05, 3.63) is 72.3 Å². The molecular weight excluding hydrogens is 346 g/mol. The molecule has 0 fully saturated rings. The van der Waals surface area contributed by atoms with E-state index in [4.69, 9.17) is 4.74 Å². The Morgan fingerprint density at radius 1 is 0.857 bits per heavy atom. The van der Waals surface area contributed by atoms with E-state index in [9.17, 15) is 4.79 Å². The number of nitrogens with one attached hydrogen (secondary N) is 1. The summed E-state index contributed by atoms with van der Waals surface area (Å²) in [6, 6.07) is 21.9. The molecule has 0 aromatic heterocycles. The van der Waals surface area contributed by atoms with Gasteiger partial charge in [-0.05, 0) is 47.0 Å². The van der Waals surface area contributed by atoms with Gasteiger partial charge in [-0.3, -0.25) is 4.79 Å². The minimum Gasteiger partial charge on any atom is -0.494 e. The van der Waals surface area contributed by atoms with Gasteiger partial charge in [0.05, 0.1) is 13.0 Å². The SMILES string of the molecule is CCCCCCCOc1ccc(NC(=O)Cc2cccc3ccccc23)cc1. The van der Waals surface area contributed by atoms with Crippen molar-refractivity contribution in [1.82, 2.24) is 0 Å². The number of benzene rings is 3.